The zero-order chi connectivity index (χ0) is 26.3. The summed E-state index contributed by atoms with van der Waals surface area (Å²) in [6.45, 7) is 0. The number of hydrogen-bond donors (Lipinski definition) is 2. The first kappa shape index (κ1) is 24.6. The summed E-state index contributed by atoms with van der Waals surface area (Å²) in [4.78, 5) is 52.4. The highest BCUT2D eigenvalue weighted by molar-refractivity contribution is 6.24. The van der Waals surface area contributed by atoms with Gasteiger partial charge in [0.15, 0.2) is 0 Å². The summed E-state index contributed by atoms with van der Waals surface area (Å²) >= 11 is 0. The van der Waals surface area contributed by atoms with E-state index in [4.69, 9.17) is 0 Å². The number of non-ortho nitro benzene ring substituents is 1. The molecule has 0 spiro atoms. The summed E-state index contributed by atoms with van der Waals surface area (Å²) in [5, 5.41) is 34.3. The van der Waals surface area contributed by atoms with Crippen molar-refractivity contribution in [1.82, 2.24) is 5.32 Å². The van der Waals surface area contributed by atoms with Gasteiger partial charge in [-0.1, -0.05) is 50.3 Å². The van der Waals surface area contributed by atoms with Gasteiger partial charge in [-0.05, 0) is 36.1 Å². The van der Waals surface area contributed by atoms with E-state index in [9.17, 15) is 34.9 Å². The van der Waals surface area contributed by atoms with Crippen LogP contribution in [-0.4, -0.2) is 33.4 Å². The van der Waals surface area contributed by atoms with E-state index in [1.165, 1.54) is 18.2 Å². The average molecular weight is 503 g/mol. The van der Waals surface area contributed by atoms with E-state index in [0.29, 0.717) is 11.1 Å². The van der Waals surface area contributed by atoms with Gasteiger partial charge in [0, 0.05) is 18.2 Å². The molecule has 1 saturated carbocycles. The Balaban J connectivity index is 1.61. The molecule has 190 valence electrons. The second-order valence-corrected chi connectivity index (χ2v) is 10.1. The summed E-state index contributed by atoms with van der Waals surface area (Å²) < 4.78 is 0. The highest BCUT2D eigenvalue weighted by atomic mass is 16.6. The van der Waals surface area contributed by atoms with Gasteiger partial charge < -0.3 is 5.11 Å². The number of fused-ring (bicyclic) bond motifs is 1. The lowest BCUT2D eigenvalue weighted by atomic mass is 9.72. The van der Waals surface area contributed by atoms with Crippen molar-refractivity contribution < 1.29 is 24.4 Å². The molecule has 2 aromatic carbocycles. The molecule has 3 aliphatic rings. The van der Waals surface area contributed by atoms with Gasteiger partial charge in [-0.2, -0.15) is 5.26 Å². The molecule has 10 heteroatoms. The predicted octanol–water partition coefficient (Wildman–Crippen LogP) is 3.71. The van der Waals surface area contributed by atoms with Crippen LogP contribution in [0.25, 0.3) is 0 Å². The van der Waals surface area contributed by atoms with Crippen molar-refractivity contribution >= 4 is 29.2 Å². The standard InChI is InChI=1S/C27H26N4O6/c28-15-17-9-11-18(12-10-17)23-21-22(27(29-23,26(34)35)14-16-5-2-1-3-6-16)25(33)30(24(21)32)19-7-4-8-20(13-19)31(36)37/h4,7-13,16,21-23,29H,1-3,5-6,14H2,(H,34,35). The Bertz CT molecular complexity index is 1310. The lowest BCUT2D eigenvalue weighted by Crippen LogP contribution is -2.57. The smallest absolute Gasteiger partial charge is 0.324 e. The molecule has 4 atom stereocenters. The number of carbonyl (C=O) groups excluding carboxylic acids is 2. The second-order valence-electron chi connectivity index (χ2n) is 10.1. The summed E-state index contributed by atoms with van der Waals surface area (Å²) in [5.74, 6) is -4.56. The Kier molecular flexibility index (Phi) is 6.25. The monoisotopic (exact) mass is 502 g/mol. The highest BCUT2D eigenvalue weighted by Crippen LogP contribution is 2.52. The minimum absolute atomic E-state index is 0.0501. The Hall–Kier alpha value is -4.10. The van der Waals surface area contributed by atoms with Crippen LogP contribution in [0.5, 0.6) is 0 Å². The first-order chi connectivity index (χ1) is 17.8. The number of nitro benzene ring substituents is 1. The molecule has 2 amide bonds. The normalized spacial score (nSPS) is 27.6. The number of benzene rings is 2. The zero-order valence-corrected chi connectivity index (χ0v) is 20.0. The fourth-order valence-electron chi connectivity index (χ4n) is 6.37. The second kappa shape index (κ2) is 9.41. The van der Waals surface area contributed by atoms with Crippen LogP contribution in [0.15, 0.2) is 48.5 Å². The van der Waals surface area contributed by atoms with Crippen molar-refractivity contribution in [2.24, 2.45) is 17.8 Å². The van der Waals surface area contributed by atoms with Crippen LogP contribution in [0.2, 0.25) is 0 Å². The van der Waals surface area contributed by atoms with Gasteiger partial charge in [0.1, 0.15) is 5.54 Å². The average Bonchev–Trinajstić information content (AvgIpc) is 3.38. The van der Waals surface area contributed by atoms with E-state index >= 15 is 0 Å². The molecule has 2 N–H and O–H groups in total. The minimum Gasteiger partial charge on any atom is -0.480 e. The number of nitriles is 1. The molecule has 2 heterocycles. The van der Waals surface area contributed by atoms with Gasteiger partial charge in [0.05, 0.1) is 34.1 Å². The van der Waals surface area contributed by atoms with Crippen LogP contribution in [0, 0.1) is 39.2 Å². The molecular weight excluding hydrogens is 476 g/mol. The Morgan fingerprint density at radius 2 is 1.84 bits per heavy atom. The van der Waals surface area contributed by atoms with Crippen LogP contribution < -0.4 is 10.2 Å². The van der Waals surface area contributed by atoms with Crippen molar-refractivity contribution in [3.05, 3.63) is 69.8 Å². The van der Waals surface area contributed by atoms with Gasteiger partial charge in [-0.3, -0.25) is 29.8 Å². The van der Waals surface area contributed by atoms with Crippen molar-refractivity contribution in [1.29, 1.82) is 5.26 Å². The fraction of sp³-hybridized carbons (Fsp3) is 0.407. The van der Waals surface area contributed by atoms with E-state index in [1.807, 2.05) is 6.07 Å². The molecule has 2 aromatic rings. The molecule has 5 rings (SSSR count). The number of nitrogens with one attached hydrogen (secondary N) is 1. The largest absolute Gasteiger partial charge is 0.480 e. The van der Waals surface area contributed by atoms with Crippen molar-refractivity contribution in [2.75, 3.05) is 4.90 Å². The summed E-state index contributed by atoms with van der Waals surface area (Å²) in [5.41, 5.74) is -0.884. The molecule has 0 bridgehead atoms. The number of amides is 2. The quantitative estimate of drug-likeness (QED) is 0.344. The number of rotatable bonds is 6. The number of hydrogen-bond acceptors (Lipinski definition) is 7. The predicted molar refractivity (Wildman–Crippen MR) is 131 cm³/mol. The van der Waals surface area contributed by atoms with Crippen molar-refractivity contribution in [3.8, 4) is 6.07 Å². The molecule has 37 heavy (non-hydrogen) atoms. The van der Waals surface area contributed by atoms with Crippen LogP contribution in [0.4, 0.5) is 11.4 Å². The molecule has 3 fully saturated rings. The van der Waals surface area contributed by atoms with Crippen LogP contribution in [0.3, 0.4) is 0 Å². The van der Waals surface area contributed by atoms with Crippen molar-refractivity contribution in [3.63, 3.8) is 0 Å². The minimum atomic E-state index is -1.67. The SMILES string of the molecule is N#Cc1ccc(C2NC(CC3CCCCC3)(C(=O)O)C3C(=O)N(c4cccc([N+](=O)[O-])c4)C(=O)C23)cc1. The van der Waals surface area contributed by atoms with Crippen LogP contribution >= 0.6 is 0 Å². The van der Waals surface area contributed by atoms with E-state index in [2.05, 4.69) is 5.32 Å². The van der Waals surface area contributed by atoms with Gasteiger partial charge in [-0.15, -0.1) is 0 Å². The van der Waals surface area contributed by atoms with E-state index in [0.717, 1.165) is 43.1 Å². The number of carboxylic acids is 1. The maximum atomic E-state index is 13.9. The lowest BCUT2D eigenvalue weighted by Gasteiger charge is -2.35. The third-order valence-corrected chi connectivity index (χ3v) is 8.07. The number of imide groups is 1. The third kappa shape index (κ3) is 4.05. The zero-order valence-electron chi connectivity index (χ0n) is 20.0. The third-order valence-electron chi connectivity index (χ3n) is 8.07. The molecule has 0 radical (unpaired) electrons. The topological polar surface area (TPSA) is 154 Å². The molecule has 0 aromatic heterocycles. The maximum Gasteiger partial charge on any atom is 0.324 e. The number of nitrogens with zero attached hydrogens (tertiary/aromatic N) is 3. The van der Waals surface area contributed by atoms with E-state index < -0.39 is 46.1 Å². The first-order valence-electron chi connectivity index (χ1n) is 12.4. The summed E-state index contributed by atoms with van der Waals surface area (Å²) in [7, 11) is 0. The van der Waals surface area contributed by atoms with Gasteiger partial charge in [-0.25, -0.2) is 4.90 Å². The molecule has 10 nitrogen and oxygen atoms in total. The van der Waals surface area contributed by atoms with Crippen molar-refractivity contribution in [2.45, 2.75) is 50.1 Å². The fourth-order valence-corrected chi connectivity index (χ4v) is 6.37. The number of aliphatic carboxylic acids is 1. The van der Waals surface area contributed by atoms with Gasteiger partial charge in [0.2, 0.25) is 11.8 Å². The molecule has 2 saturated heterocycles. The number of carboxylic acid groups (broad SMARTS) is 1. The molecule has 2 aliphatic heterocycles. The van der Waals surface area contributed by atoms with Crippen LogP contribution in [0.1, 0.15) is 55.7 Å². The van der Waals surface area contributed by atoms with E-state index in [1.54, 1.807) is 24.3 Å². The first-order valence-corrected chi connectivity index (χ1v) is 12.4. The number of nitro groups is 1. The number of anilines is 1. The molecular formula is C27H26N4O6. The van der Waals surface area contributed by atoms with Gasteiger partial charge >= 0.3 is 5.97 Å². The van der Waals surface area contributed by atoms with E-state index in [-0.39, 0.29) is 23.7 Å². The summed E-state index contributed by atoms with van der Waals surface area (Å²) in [6, 6.07) is 13.0. The maximum absolute atomic E-state index is 13.9. The Morgan fingerprint density at radius 3 is 2.46 bits per heavy atom. The Morgan fingerprint density at radius 1 is 1.14 bits per heavy atom. The molecule has 4 unspecified atom stereocenters. The summed E-state index contributed by atoms with van der Waals surface area (Å²) in [6.07, 6.45) is 4.97. The highest BCUT2D eigenvalue weighted by Gasteiger charge is 2.68. The molecule has 1 aliphatic carbocycles. The lowest BCUT2D eigenvalue weighted by molar-refractivity contribution is -0.384. The van der Waals surface area contributed by atoms with Gasteiger partial charge in [0.25, 0.3) is 5.69 Å². The Labute approximate surface area is 213 Å². The van der Waals surface area contributed by atoms with Crippen LogP contribution in [-0.2, 0) is 14.4 Å². The number of carbonyl (C=O) groups is 3.